The number of hydrogen-bond donors (Lipinski definition) is 2. The van der Waals surface area contributed by atoms with E-state index in [1.807, 2.05) is 13.8 Å². The first-order valence-corrected chi connectivity index (χ1v) is 6.21. The minimum Gasteiger partial charge on any atom is -0.481 e. The maximum atomic E-state index is 11.3. The van der Waals surface area contributed by atoms with Gasteiger partial charge in [-0.15, -0.1) is 0 Å². The Morgan fingerprint density at radius 3 is 2.36 bits per heavy atom. The molecule has 0 aromatic heterocycles. The van der Waals surface area contributed by atoms with Crippen LogP contribution < -0.4 is 0 Å². The SMILES string of the molecule is CCC(CC)(C(=O)O)C1(O)CCSC1. The van der Waals surface area contributed by atoms with E-state index in [1.165, 1.54) is 0 Å². The Morgan fingerprint density at radius 1 is 1.50 bits per heavy atom. The molecule has 1 rings (SSSR count). The van der Waals surface area contributed by atoms with Crippen LogP contribution in [0, 0.1) is 5.41 Å². The van der Waals surface area contributed by atoms with E-state index in [2.05, 4.69) is 0 Å². The van der Waals surface area contributed by atoms with Crippen molar-refractivity contribution in [2.45, 2.75) is 38.7 Å². The highest BCUT2D eigenvalue weighted by molar-refractivity contribution is 7.99. The molecule has 82 valence electrons. The highest BCUT2D eigenvalue weighted by Crippen LogP contribution is 2.46. The standard InChI is InChI=1S/C10H18O3S/c1-3-9(4-2,8(11)12)10(13)5-6-14-7-10/h13H,3-7H2,1-2H3,(H,11,12). The zero-order valence-electron chi connectivity index (χ0n) is 8.75. The number of carboxylic acids is 1. The summed E-state index contributed by atoms with van der Waals surface area (Å²) in [6.07, 6.45) is 1.59. The molecule has 0 radical (unpaired) electrons. The Morgan fingerprint density at radius 2 is 2.07 bits per heavy atom. The molecule has 0 aromatic rings. The maximum absolute atomic E-state index is 11.3. The van der Waals surface area contributed by atoms with Crippen LogP contribution in [0.4, 0.5) is 0 Å². The second-order valence-electron chi connectivity index (χ2n) is 3.93. The van der Waals surface area contributed by atoms with Crippen molar-refractivity contribution in [1.82, 2.24) is 0 Å². The lowest BCUT2D eigenvalue weighted by atomic mass is 9.67. The third-order valence-electron chi connectivity index (χ3n) is 3.51. The summed E-state index contributed by atoms with van der Waals surface area (Å²) in [4.78, 5) is 11.3. The molecule has 1 saturated heterocycles. The second kappa shape index (κ2) is 4.11. The monoisotopic (exact) mass is 218 g/mol. The van der Waals surface area contributed by atoms with E-state index < -0.39 is 17.0 Å². The van der Waals surface area contributed by atoms with E-state index in [-0.39, 0.29) is 0 Å². The Hall–Kier alpha value is -0.220. The van der Waals surface area contributed by atoms with Crippen LogP contribution in [-0.2, 0) is 4.79 Å². The largest absolute Gasteiger partial charge is 0.481 e. The predicted octanol–water partition coefficient (Wildman–Crippen LogP) is 1.75. The van der Waals surface area contributed by atoms with Gasteiger partial charge in [0.25, 0.3) is 0 Å². The molecule has 1 fully saturated rings. The lowest BCUT2D eigenvalue weighted by Crippen LogP contribution is -2.53. The lowest BCUT2D eigenvalue weighted by Gasteiger charge is -2.40. The third kappa shape index (κ3) is 1.54. The molecule has 1 aliphatic heterocycles. The number of thioether (sulfide) groups is 1. The number of rotatable bonds is 4. The Bertz CT molecular complexity index is 217. The molecular weight excluding hydrogens is 200 g/mol. The average Bonchev–Trinajstić information content (AvgIpc) is 2.55. The van der Waals surface area contributed by atoms with E-state index in [9.17, 15) is 15.0 Å². The van der Waals surface area contributed by atoms with E-state index in [0.29, 0.717) is 25.0 Å². The fourth-order valence-electron chi connectivity index (χ4n) is 2.34. The van der Waals surface area contributed by atoms with Crippen molar-refractivity contribution >= 4 is 17.7 Å². The van der Waals surface area contributed by atoms with E-state index in [4.69, 9.17) is 0 Å². The van der Waals surface area contributed by atoms with Gasteiger partial charge < -0.3 is 10.2 Å². The Balaban J connectivity index is 3.01. The molecule has 2 N–H and O–H groups in total. The molecule has 1 unspecified atom stereocenters. The highest BCUT2D eigenvalue weighted by atomic mass is 32.2. The zero-order chi connectivity index (χ0) is 10.8. The van der Waals surface area contributed by atoms with Crippen LogP contribution in [0.3, 0.4) is 0 Å². The van der Waals surface area contributed by atoms with Gasteiger partial charge in [0.2, 0.25) is 0 Å². The van der Waals surface area contributed by atoms with Crippen LogP contribution in [0.5, 0.6) is 0 Å². The molecule has 4 heteroatoms. The van der Waals surface area contributed by atoms with Gasteiger partial charge in [0, 0.05) is 5.75 Å². The molecule has 1 heterocycles. The molecule has 3 nitrogen and oxygen atoms in total. The van der Waals surface area contributed by atoms with Gasteiger partial charge in [0.1, 0.15) is 0 Å². The fraction of sp³-hybridized carbons (Fsp3) is 0.900. The van der Waals surface area contributed by atoms with Gasteiger partial charge in [-0.1, -0.05) is 13.8 Å². The first-order chi connectivity index (χ1) is 6.52. The summed E-state index contributed by atoms with van der Waals surface area (Å²) in [6, 6.07) is 0. The van der Waals surface area contributed by atoms with E-state index in [0.717, 1.165) is 5.75 Å². The maximum Gasteiger partial charge on any atom is 0.312 e. The third-order valence-corrected chi connectivity index (χ3v) is 4.68. The van der Waals surface area contributed by atoms with Crippen molar-refractivity contribution in [2.24, 2.45) is 5.41 Å². The molecule has 0 bridgehead atoms. The summed E-state index contributed by atoms with van der Waals surface area (Å²) >= 11 is 1.64. The van der Waals surface area contributed by atoms with Crippen molar-refractivity contribution in [1.29, 1.82) is 0 Å². The average molecular weight is 218 g/mol. The number of aliphatic carboxylic acids is 1. The minimum absolute atomic E-state index is 0.496. The normalized spacial score (nSPS) is 27.9. The topological polar surface area (TPSA) is 57.5 Å². The van der Waals surface area contributed by atoms with Gasteiger partial charge in [-0.2, -0.15) is 11.8 Å². The quantitative estimate of drug-likeness (QED) is 0.754. The summed E-state index contributed by atoms with van der Waals surface area (Å²) in [5.41, 5.74) is -1.95. The van der Waals surface area contributed by atoms with Crippen LogP contribution >= 0.6 is 11.8 Å². The van der Waals surface area contributed by atoms with Crippen molar-refractivity contribution in [3.63, 3.8) is 0 Å². The van der Waals surface area contributed by atoms with Crippen LogP contribution in [-0.4, -0.2) is 33.3 Å². The van der Waals surface area contributed by atoms with Gasteiger partial charge in [-0.25, -0.2) is 0 Å². The first-order valence-electron chi connectivity index (χ1n) is 5.06. The molecule has 0 amide bonds. The highest BCUT2D eigenvalue weighted by Gasteiger charge is 2.54. The summed E-state index contributed by atoms with van der Waals surface area (Å²) in [5.74, 6) is 0.569. The van der Waals surface area contributed by atoms with Crippen LogP contribution in [0.15, 0.2) is 0 Å². The zero-order valence-corrected chi connectivity index (χ0v) is 9.56. The number of hydrogen-bond acceptors (Lipinski definition) is 3. The van der Waals surface area contributed by atoms with Gasteiger partial charge in [-0.05, 0) is 25.0 Å². The van der Waals surface area contributed by atoms with Crippen LogP contribution in [0.25, 0.3) is 0 Å². The summed E-state index contributed by atoms with van der Waals surface area (Å²) in [5, 5.41) is 19.7. The van der Waals surface area contributed by atoms with Gasteiger partial charge in [0.05, 0.1) is 11.0 Å². The number of aliphatic hydroxyl groups is 1. The molecule has 1 atom stereocenters. The van der Waals surface area contributed by atoms with Crippen LogP contribution in [0.1, 0.15) is 33.1 Å². The second-order valence-corrected chi connectivity index (χ2v) is 5.03. The van der Waals surface area contributed by atoms with Gasteiger partial charge >= 0.3 is 5.97 Å². The Kier molecular flexibility index (Phi) is 3.48. The van der Waals surface area contributed by atoms with Crippen molar-refractivity contribution in [2.75, 3.05) is 11.5 Å². The first kappa shape index (κ1) is 11.9. The molecule has 1 aliphatic rings. The molecular formula is C10H18O3S. The molecule has 14 heavy (non-hydrogen) atoms. The van der Waals surface area contributed by atoms with Crippen molar-refractivity contribution in [3.05, 3.63) is 0 Å². The van der Waals surface area contributed by atoms with Crippen LogP contribution in [0.2, 0.25) is 0 Å². The molecule has 0 spiro atoms. The minimum atomic E-state index is -1.01. The smallest absolute Gasteiger partial charge is 0.312 e. The predicted molar refractivity (Wildman–Crippen MR) is 57.5 cm³/mol. The van der Waals surface area contributed by atoms with Gasteiger partial charge in [0.15, 0.2) is 0 Å². The Labute approximate surface area is 88.9 Å². The number of carboxylic acid groups (broad SMARTS) is 1. The van der Waals surface area contributed by atoms with E-state index >= 15 is 0 Å². The lowest BCUT2D eigenvalue weighted by molar-refractivity contribution is -0.167. The molecule has 0 aromatic carbocycles. The van der Waals surface area contributed by atoms with Gasteiger partial charge in [-0.3, -0.25) is 4.79 Å². The summed E-state index contributed by atoms with van der Waals surface area (Å²) in [7, 11) is 0. The van der Waals surface area contributed by atoms with E-state index in [1.54, 1.807) is 11.8 Å². The fourth-order valence-corrected chi connectivity index (χ4v) is 3.73. The summed E-state index contributed by atoms with van der Waals surface area (Å²) < 4.78 is 0. The van der Waals surface area contributed by atoms with Crippen molar-refractivity contribution < 1.29 is 15.0 Å². The summed E-state index contributed by atoms with van der Waals surface area (Å²) in [6.45, 7) is 3.69. The van der Waals surface area contributed by atoms with Crippen molar-refractivity contribution in [3.8, 4) is 0 Å². The molecule has 0 aliphatic carbocycles. The molecule has 0 saturated carbocycles. The number of carbonyl (C=O) groups is 1.